The molecule has 0 fully saturated rings. The Morgan fingerprint density at radius 3 is 2.54 bits per heavy atom. The number of carbonyl (C=O) groups is 1. The van der Waals surface area contributed by atoms with Gasteiger partial charge in [-0.3, -0.25) is 9.10 Å². The van der Waals surface area contributed by atoms with Crippen molar-refractivity contribution in [2.75, 3.05) is 23.9 Å². The van der Waals surface area contributed by atoms with Gasteiger partial charge in [-0.25, -0.2) is 17.2 Å². The number of hydrogen-bond acceptors (Lipinski definition) is 4. The molecule has 3 N–H and O–H groups in total. The molecule has 3 rings (SSSR count). The second-order valence-electron chi connectivity index (χ2n) is 5.48. The number of carbonyl (C=O) groups excluding carboxylic acids is 1. The average Bonchev–Trinajstić information content (AvgIpc) is 2.77. The molecule has 0 aromatic heterocycles. The molecule has 1 aliphatic rings. The van der Waals surface area contributed by atoms with E-state index in [0.29, 0.717) is 11.1 Å². The summed E-state index contributed by atoms with van der Waals surface area (Å²) in [6, 6.07) is 9.87. The van der Waals surface area contributed by atoms with Gasteiger partial charge in [0.05, 0.1) is 23.7 Å². The highest BCUT2D eigenvalue weighted by molar-refractivity contribution is 7.93. The molecule has 0 saturated heterocycles. The van der Waals surface area contributed by atoms with Gasteiger partial charge in [0.25, 0.3) is 15.9 Å². The highest BCUT2D eigenvalue weighted by Crippen LogP contribution is 2.41. The second kappa shape index (κ2) is 5.67. The summed E-state index contributed by atoms with van der Waals surface area (Å²) < 4.78 is 52.4. The van der Waals surface area contributed by atoms with Gasteiger partial charge in [-0.1, -0.05) is 24.3 Å². The van der Waals surface area contributed by atoms with Gasteiger partial charge in [0.15, 0.2) is 0 Å². The fourth-order valence-electron chi connectivity index (χ4n) is 2.61. The first kappa shape index (κ1) is 16.6. The minimum absolute atomic E-state index is 0.107. The molecule has 0 saturated carbocycles. The third-order valence-corrected chi connectivity index (χ3v) is 5.61. The van der Waals surface area contributed by atoms with Crippen molar-refractivity contribution < 1.29 is 22.0 Å². The maximum atomic E-state index is 13.1. The molecule has 6 nitrogen and oxygen atoms in total. The van der Waals surface area contributed by atoms with Gasteiger partial charge in [0, 0.05) is 5.39 Å². The molecule has 2 aromatic carbocycles. The van der Waals surface area contributed by atoms with Crippen molar-refractivity contribution in [1.29, 1.82) is 0 Å². The Balaban J connectivity index is 1.88. The zero-order chi connectivity index (χ0) is 17.5. The van der Waals surface area contributed by atoms with Crippen LogP contribution in [0.3, 0.4) is 0 Å². The highest BCUT2D eigenvalue weighted by atomic mass is 32.2. The van der Waals surface area contributed by atoms with E-state index in [0.717, 1.165) is 9.69 Å². The Morgan fingerprint density at radius 2 is 1.88 bits per heavy atom. The summed E-state index contributed by atoms with van der Waals surface area (Å²) in [5, 5.41) is 3.28. The smallest absolute Gasteiger partial charge is 0.277 e. The number of amides is 1. The number of halogens is 2. The Kier molecular flexibility index (Phi) is 3.92. The molecule has 1 heterocycles. The average molecular weight is 355 g/mol. The molecular formula is C15H15F2N3O3S. The number of alkyl halides is 2. The largest absolute Gasteiger partial charge is 0.348 e. The Labute approximate surface area is 137 Å². The Hall–Kier alpha value is -2.26. The predicted molar refractivity (Wildman–Crippen MR) is 85.5 cm³/mol. The van der Waals surface area contributed by atoms with E-state index in [-0.39, 0.29) is 4.90 Å². The number of nitrogens with two attached hydrogens (primary N) is 1. The van der Waals surface area contributed by atoms with E-state index in [1.165, 1.54) is 6.07 Å². The van der Waals surface area contributed by atoms with Crippen LogP contribution in [0.1, 0.15) is 0 Å². The number of benzene rings is 2. The molecule has 0 spiro atoms. The summed E-state index contributed by atoms with van der Waals surface area (Å²) in [7, 11) is -3.89. The van der Waals surface area contributed by atoms with Gasteiger partial charge >= 0.3 is 0 Å². The number of nitrogens with one attached hydrogen (secondary N) is 1. The number of rotatable bonds is 5. The molecule has 0 atom stereocenters. The zero-order valence-electron chi connectivity index (χ0n) is 12.5. The lowest BCUT2D eigenvalue weighted by molar-refractivity contribution is -0.121. The van der Waals surface area contributed by atoms with E-state index in [1.54, 1.807) is 30.3 Å². The van der Waals surface area contributed by atoms with Crippen LogP contribution in [-0.4, -0.2) is 39.9 Å². The van der Waals surface area contributed by atoms with Crippen LogP contribution in [0, 0.1) is 0 Å². The van der Waals surface area contributed by atoms with Crippen molar-refractivity contribution in [1.82, 2.24) is 5.32 Å². The first-order valence-electron chi connectivity index (χ1n) is 7.15. The number of sulfonamides is 1. The molecule has 0 bridgehead atoms. The minimum atomic E-state index is -3.89. The number of nitrogens with zero attached hydrogens (tertiary/aromatic N) is 1. The molecular weight excluding hydrogens is 340 g/mol. The van der Waals surface area contributed by atoms with Gasteiger partial charge in [0.2, 0.25) is 5.91 Å². The monoisotopic (exact) mass is 355 g/mol. The predicted octanol–water partition coefficient (Wildman–Crippen LogP) is 1.06. The van der Waals surface area contributed by atoms with Crippen molar-refractivity contribution in [3.8, 4) is 0 Å². The van der Waals surface area contributed by atoms with Crippen LogP contribution in [0.2, 0.25) is 0 Å². The summed E-state index contributed by atoms with van der Waals surface area (Å²) in [5.74, 6) is -4.06. The van der Waals surface area contributed by atoms with Gasteiger partial charge in [-0.05, 0) is 17.5 Å². The van der Waals surface area contributed by atoms with E-state index in [4.69, 9.17) is 5.73 Å². The summed E-state index contributed by atoms with van der Waals surface area (Å²) in [4.78, 5) is 12.0. The third-order valence-electron chi connectivity index (χ3n) is 3.81. The van der Waals surface area contributed by atoms with E-state index in [9.17, 15) is 22.0 Å². The maximum Gasteiger partial charge on any atom is 0.277 e. The molecule has 1 aliphatic heterocycles. The van der Waals surface area contributed by atoms with Crippen molar-refractivity contribution in [2.24, 2.45) is 5.73 Å². The standard InChI is InChI=1S/C15H15F2N3O3S/c16-15(17,8-18)9-19-13(21)7-20-11-5-1-3-10-4-2-6-12(14(10)11)24(20,22)23/h1-6H,7-9,18H2,(H,19,21). The van der Waals surface area contributed by atoms with Crippen LogP contribution in [0.25, 0.3) is 10.8 Å². The van der Waals surface area contributed by atoms with Crippen molar-refractivity contribution in [3.05, 3.63) is 36.4 Å². The van der Waals surface area contributed by atoms with Crippen molar-refractivity contribution in [2.45, 2.75) is 10.8 Å². The highest BCUT2D eigenvalue weighted by Gasteiger charge is 2.37. The second-order valence-corrected chi connectivity index (χ2v) is 7.31. The first-order valence-corrected chi connectivity index (χ1v) is 8.59. The Morgan fingerprint density at radius 1 is 1.21 bits per heavy atom. The topological polar surface area (TPSA) is 92.5 Å². The van der Waals surface area contributed by atoms with Crippen LogP contribution in [-0.2, 0) is 14.8 Å². The normalized spacial score (nSPS) is 15.7. The molecule has 1 amide bonds. The summed E-state index contributed by atoms with van der Waals surface area (Å²) >= 11 is 0. The van der Waals surface area contributed by atoms with Gasteiger partial charge in [0.1, 0.15) is 6.54 Å². The lowest BCUT2D eigenvalue weighted by atomic mass is 10.1. The van der Waals surface area contributed by atoms with E-state index in [1.807, 2.05) is 5.32 Å². The van der Waals surface area contributed by atoms with Crippen molar-refractivity contribution in [3.63, 3.8) is 0 Å². The van der Waals surface area contributed by atoms with E-state index < -0.39 is 41.5 Å². The summed E-state index contributed by atoms with van der Waals surface area (Å²) in [6.45, 7) is -2.41. The quantitative estimate of drug-likeness (QED) is 0.839. The lowest BCUT2D eigenvalue weighted by Gasteiger charge is -2.20. The SMILES string of the molecule is NCC(F)(F)CNC(=O)CN1c2cccc3cccc(c23)S1(=O)=O. The van der Waals surface area contributed by atoms with Gasteiger partial charge < -0.3 is 11.1 Å². The number of anilines is 1. The van der Waals surface area contributed by atoms with Crippen LogP contribution in [0.5, 0.6) is 0 Å². The first-order chi connectivity index (χ1) is 11.3. The van der Waals surface area contributed by atoms with Gasteiger partial charge in [-0.15, -0.1) is 0 Å². The number of hydrogen-bond donors (Lipinski definition) is 2. The van der Waals surface area contributed by atoms with Crippen molar-refractivity contribution >= 4 is 32.4 Å². The van der Waals surface area contributed by atoms with E-state index in [2.05, 4.69) is 0 Å². The molecule has 128 valence electrons. The molecule has 0 radical (unpaired) electrons. The molecule has 24 heavy (non-hydrogen) atoms. The summed E-state index contributed by atoms with van der Waals surface area (Å²) in [5.41, 5.74) is 5.26. The summed E-state index contributed by atoms with van der Waals surface area (Å²) in [6.07, 6.45) is 0. The van der Waals surface area contributed by atoms with E-state index >= 15 is 0 Å². The maximum absolute atomic E-state index is 13.1. The zero-order valence-corrected chi connectivity index (χ0v) is 13.3. The third kappa shape index (κ3) is 2.69. The lowest BCUT2D eigenvalue weighted by Crippen LogP contribution is -2.45. The fraction of sp³-hybridized carbons (Fsp3) is 0.267. The molecule has 2 aromatic rings. The Bertz CT molecular complexity index is 910. The van der Waals surface area contributed by atoms with Crippen LogP contribution < -0.4 is 15.4 Å². The van der Waals surface area contributed by atoms with Crippen LogP contribution in [0.4, 0.5) is 14.5 Å². The molecule has 0 aliphatic carbocycles. The molecule has 0 unspecified atom stereocenters. The van der Waals surface area contributed by atoms with Gasteiger partial charge in [-0.2, -0.15) is 0 Å². The fourth-order valence-corrected chi connectivity index (χ4v) is 4.28. The van der Waals surface area contributed by atoms with Crippen LogP contribution >= 0.6 is 0 Å². The minimum Gasteiger partial charge on any atom is -0.348 e. The van der Waals surface area contributed by atoms with Crippen LogP contribution in [0.15, 0.2) is 41.3 Å². The molecule has 9 heteroatoms.